The highest BCUT2D eigenvalue weighted by Gasteiger charge is 2.21. The summed E-state index contributed by atoms with van der Waals surface area (Å²) in [6.07, 6.45) is 3.41. The van der Waals surface area contributed by atoms with Crippen LogP contribution in [0.15, 0.2) is 24.3 Å². The molecule has 1 rings (SSSR count). The van der Waals surface area contributed by atoms with Crippen LogP contribution in [0.25, 0.3) is 0 Å². The molecule has 1 unspecified atom stereocenters. The molecule has 20 heavy (non-hydrogen) atoms. The maximum absolute atomic E-state index is 5.83. The zero-order valence-electron chi connectivity index (χ0n) is 13.4. The highest BCUT2D eigenvalue weighted by molar-refractivity contribution is 5.31. The van der Waals surface area contributed by atoms with E-state index >= 15 is 0 Å². The molecule has 0 spiro atoms. The predicted octanol–water partition coefficient (Wildman–Crippen LogP) is 3.88. The molecule has 0 amide bonds. The van der Waals surface area contributed by atoms with Gasteiger partial charge in [0.25, 0.3) is 0 Å². The SMILES string of the molecule is CCCNCC(C)(CC)CCOc1ccc(OC)cc1. The smallest absolute Gasteiger partial charge is 0.119 e. The second-order valence-electron chi connectivity index (χ2n) is 5.61. The van der Waals surface area contributed by atoms with Crippen LogP contribution in [0.5, 0.6) is 11.5 Å². The van der Waals surface area contributed by atoms with Gasteiger partial charge in [-0.2, -0.15) is 0 Å². The lowest BCUT2D eigenvalue weighted by Crippen LogP contribution is -2.33. The Morgan fingerprint density at radius 3 is 2.30 bits per heavy atom. The standard InChI is InChI=1S/C17H29NO2/c1-5-12-18-14-17(3,6-2)11-13-20-16-9-7-15(19-4)8-10-16/h7-10,18H,5-6,11-14H2,1-4H3. The second-order valence-corrected chi connectivity index (χ2v) is 5.61. The van der Waals surface area contributed by atoms with Crippen molar-refractivity contribution in [3.8, 4) is 11.5 Å². The van der Waals surface area contributed by atoms with Crippen LogP contribution in [-0.4, -0.2) is 26.8 Å². The maximum atomic E-state index is 5.83. The number of hydrogen-bond acceptors (Lipinski definition) is 3. The average molecular weight is 279 g/mol. The molecule has 3 nitrogen and oxygen atoms in total. The van der Waals surface area contributed by atoms with Gasteiger partial charge in [0.05, 0.1) is 13.7 Å². The van der Waals surface area contributed by atoms with Gasteiger partial charge in [0, 0.05) is 6.54 Å². The fourth-order valence-electron chi connectivity index (χ4n) is 2.04. The molecular weight excluding hydrogens is 250 g/mol. The van der Waals surface area contributed by atoms with Crippen molar-refractivity contribution in [1.82, 2.24) is 5.32 Å². The van der Waals surface area contributed by atoms with E-state index in [9.17, 15) is 0 Å². The van der Waals surface area contributed by atoms with Gasteiger partial charge in [0.1, 0.15) is 11.5 Å². The van der Waals surface area contributed by atoms with E-state index in [0.717, 1.165) is 44.0 Å². The van der Waals surface area contributed by atoms with Gasteiger partial charge in [-0.25, -0.2) is 0 Å². The molecule has 3 heteroatoms. The molecule has 0 bridgehead atoms. The highest BCUT2D eigenvalue weighted by Crippen LogP contribution is 2.25. The first-order valence-electron chi connectivity index (χ1n) is 7.61. The Bertz CT molecular complexity index is 364. The third kappa shape index (κ3) is 5.83. The van der Waals surface area contributed by atoms with Gasteiger partial charge in [-0.3, -0.25) is 0 Å². The normalized spacial score (nSPS) is 13.8. The minimum Gasteiger partial charge on any atom is -0.497 e. The average Bonchev–Trinajstić information content (AvgIpc) is 2.48. The van der Waals surface area contributed by atoms with Crippen LogP contribution < -0.4 is 14.8 Å². The van der Waals surface area contributed by atoms with Gasteiger partial charge in [-0.15, -0.1) is 0 Å². The fraction of sp³-hybridized carbons (Fsp3) is 0.647. The molecule has 0 aliphatic carbocycles. The summed E-state index contributed by atoms with van der Waals surface area (Å²) < 4.78 is 11.0. The highest BCUT2D eigenvalue weighted by atomic mass is 16.5. The Kier molecular flexibility index (Phi) is 7.45. The number of ether oxygens (including phenoxy) is 2. The topological polar surface area (TPSA) is 30.5 Å². The molecule has 0 radical (unpaired) electrons. The summed E-state index contributed by atoms with van der Waals surface area (Å²) in [5, 5.41) is 3.52. The minimum absolute atomic E-state index is 0.307. The van der Waals surface area contributed by atoms with Crippen molar-refractivity contribution >= 4 is 0 Å². The molecule has 0 aromatic heterocycles. The number of nitrogens with one attached hydrogen (secondary N) is 1. The largest absolute Gasteiger partial charge is 0.497 e. The Hall–Kier alpha value is -1.22. The van der Waals surface area contributed by atoms with Crippen LogP contribution >= 0.6 is 0 Å². The molecule has 0 aliphatic heterocycles. The first kappa shape index (κ1) is 16.8. The van der Waals surface area contributed by atoms with E-state index in [4.69, 9.17) is 9.47 Å². The van der Waals surface area contributed by atoms with E-state index in [1.54, 1.807) is 7.11 Å². The Labute approximate surface area is 123 Å². The van der Waals surface area contributed by atoms with E-state index in [2.05, 4.69) is 26.1 Å². The zero-order chi connectivity index (χ0) is 14.8. The number of rotatable bonds is 10. The van der Waals surface area contributed by atoms with Crippen molar-refractivity contribution in [3.63, 3.8) is 0 Å². The van der Waals surface area contributed by atoms with Crippen LogP contribution in [0, 0.1) is 5.41 Å². The zero-order valence-corrected chi connectivity index (χ0v) is 13.4. The fourth-order valence-corrected chi connectivity index (χ4v) is 2.04. The Balaban J connectivity index is 2.35. The van der Waals surface area contributed by atoms with Crippen molar-refractivity contribution in [1.29, 1.82) is 0 Å². The lowest BCUT2D eigenvalue weighted by molar-refractivity contribution is 0.200. The molecule has 1 atom stereocenters. The number of methoxy groups -OCH3 is 1. The van der Waals surface area contributed by atoms with E-state index in [1.807, 2.05) is 24.3 Å². The monoisotopic (exact) mass is 279 g/mol. The van der Waals surface area contributed by atoms with Crippen molar-refractivity contribution in [2.75, 3.05) is 26.8 Å². The van der Waals surface area contributed by atoms with Crippen LogP contribution in [0.2, 0.25) is 0 Å². The lowest BCUT2D eigenvalue weighted by atomic mass is 9.84. The Morgan fingerprint density at radius 2 is 1.75 bits per heavy atom. The molecule has 0 heterocycles. The molecule has 1 aromatic carbocycles. The summed E-state index contributed by atoms with van der Waals surface area (Å²) in [7, 11) is 1.67. The second kappa shape index (κ2) is 8.85. The molecule has 0 fully saturated rings. The molecule has 114 valence electrons. The third-order valence-corrected chi connectivity index (χ3v) is 3.87. The molecule has 0 saturated carbocycles. The van der Waals surface area contributed by atoms with Gasteiger partial charge < -0.3 is 14.8 Å². The lowest BCUT2D eigenvalue weighted by Gasteiger charge is -2.28. The van der Waals surface area contributed by atoms with Crippen molar-refractivity contribution < 1.29 is 9.47 Å². The van der Waals surface area contributed by atoms with Crippen molar-refractivity contribution in [3.05, 3.63) is 24.3 Å². The molecule has 0 saturated heterocycles. The minimum atomic E-state index is 0.307. The van der Waals surface area contributed by atoms with Gasteiger partial charge in [-0.1, -0.05) is 20.8 Å². The summed E-state index contributed by atoms with van der Waals surface area (Å²) in [6, 6.07) is 7.77. The Morgan fingerprint density at radius 1 is 1.10 bits per heavy atom. The van der Waals surface area contributed by atoms with E-state index in [0.29, 0.717) is 5.41 Å². The van der Waals surface area contributed by atoms with Crippen LogP contribution in [0.4, 0.5) is 0 Å². The molecule has 0 aliphatic rings. The van der Waals surface area contributed by atoms with E-state index in [-0.39, 0.29) is 0 Å². The van der Waals surface area contributed by atoms with Crippen molar-refractivity contribution in [2.24, 2.45) is 5.41 Å². The van der Waals surface area contributed by atoms with E-state index < -0.39 is 0 Å². The van der Waals surface area contributed by atoms with E-state index in [1.165, 1.54) is 6.42 Å². The van der Waals surface area contributed by atoms with Crippen molar-refractivity contribution in [2.45, 2.75) is 40.0 Å². The summed E-state index contributed by atoms with van der Waals surface area (Å²) in [5.74, 6) is 1.77. The number of benzene rings is 1. The quantitative estimate of drug-likeness (QED) is 0.659. The summed E-state index contributed by atoms with van der Waals surface area (Å²) in [5.41, 5.74) is 0.307. The third-order valence-electron chi connectivity index (χ3n) is 3.87. The summed E-state index contributed by atoms with van der Waals surface area (Å²) >= 11 is 0. The van der Waals surface area contributed by atoms with Crippen LogP contribution in [0.1, 0.15) is 40.0 Å². The molecular formula is C17H29NO2. The van der Waals surface area contributed by atoms with Gasteiger partial charge in [0.15, 0.2) is 0 Å². The first-order chi connectivity index (χ1) is 9.63. The number of hydrogen-bond donors (Lipinski definition) is 1. The van der Waals surface area contributed by atoms with Crippen LogP contribution in [-0.2, 0) is 0 Å². The molecule has 1 aromatic rings. The predicted molar refractivity (Wildman–Crippen MR) is 84.7 cm³/mol. The maximum Gasteiger partial charge on any atom is 0.119 e. The molecule has 1 N–H and O–H groups in total. The van der Waals surface area contributed by atoms with Crippen LogP contribution in [0.3, 0.4) is 0 Å². The first-order valence-corrected chi connectivity index (χ1v) is 7.61. The van der Waals surface area contributed by atoms with Gasteiger partial charge in [-0.05, 0) is 55.5 Å². The van der Waals surface area contributed by atoms with Gasteiger partial charge >= 0.3 is 0 Å². The summed E-state index contributed by atoms with van der Waals surface area (Å²) in [6.45, 7) is 9.68. The summed E-state index contributed by atoms with van der Waals surface area (Å²) in [4.78, 5) is 0. The van der Waals surface area contributed by atoms with Gasteiger partial charge in [0.2, 0.25) is 0 Å².